The number of hydrogen-bond acceptors (Lipinski definition) is 3. The second-order valence-corrected chi connectivity index (χ2v) is 8.97. The lowest BCUT2D eigenvalue weighted by Crippen LogP contribution is -2.35. The molecule has 2 saturated carbocycles. The number of carbonyl (C=O) groups is 1. The molecule has 5 heteroatoms. The molecule has 5 rings (SSSR count). The maximum absolute atomic E-state index is 11.5. The van der Waals surface area contributed by atoms with Crippen molar-refractivity contribution in [3.8, 4) is 5.75 Å². The number of carboxylic acids is 1. The van der Waals surface area contributed by atoms with E-state index in [-0.39, 0.29) is 6.04 Å². The van der Waals surface area contributed by atoms with Gasteiger partial charge in [-0.3, -0.25) is 0 Å². The maximum Gasteiger partial charge on any atom is 0.335 e. The molecule has 1 aliphatic heterocycles. The first-order valence-corrected chi connectivity index (χ1v) is 10.3. The summed E-state index contributed by atoms with van der Waals surface area (Å²) in [5.41, 5.74) is 3.83. The van der Waals surface area contributed by atoms with Gasteiger partial charge < -0.3 is 15.2 Å². The molecule has 5 atom stereocenters. The molecule has 0 spiro atoms. The van der Waals surface area contributed by atoms with Crippen molar-refractivity contribution in [3.05, 3.63) is 57.6 Å². The van der Waals surface area contributed by atoms with Crippen LogP contribution in [0.3, 0.4) is 0 Å². The van der Waals surface area contributed by atoms with Gasteiger partial charge in [-0.1, -0.05) is 15.9 Å². The van der Waals surface area contributed by atoms with E-state index in [1.165, 1.54) is 30.4 Å². The van der Waals surface area contributed by atoms with E-state index in [4.69, 9.17) is 4.74 Å². The minimum Gasteiger partial charge on any atom is -0.496 e. The highest BCUT2D eigenvalue weighted by atomic mass is 79.9. The minimum atomic E-state index is -0.853. The van der Waals surface area contributed by atoms with Crippen molar-refractivity contribution < 1.29 is 14.6 Å². The van der Waals surface area contributed by atoms with Gasteiger partial charge in [0.15, 0.2) is 0 Å². The Labute approximate surface area is 167 Å². The van der Waals surface area contributed by atoms with Gasteiger partial charge in [0, 0.05) is 15.7 Å². The average molecular weight is 428 g/mol. The van der Waals surface area contributed by atoms with Crippen molar-refractivity contribution in [2.24, 2.45) is 17.8 Å². The molecule has 4 nitrogen and oxygen atoms in total. The van der Waals surface area contributed by atoms with E-state index in [0.29, 0.717) is 29.2 Å². The first kappa shape index (κ1) is 17.1. The predicted molar refractivity (Wildman–Crippen MR) is 108 cm³/mol. The normalized spacial score (nSPS) is 30.4. The van der Waals surface area contributed by atoms with Crippen LogP contribution in [0.5, 0.6) is 5.75 Å². The Balaban J connectivity index is 1.65. The third kappa shape index (κ3) is 2.59. The maximum atomic E-state index is 11.5. The molecule has 2 fully saturated rings. The molecule has 2 aliphatic carbocycles. The first-order valence-electron chi connectivity index (χ1n) is 9.54. The number of halogens is 1. The second-order valence-electron chi connectivity index (χ2n) is 8.05. The number of fused-ring (bicyclic) bond motifs is 7. The number of benzene rings is 2. The highest BCUT2D eigenvalue weighted by Crippen LogP contribution is 2.64. The molecule has 2 N–H and O–H groups in total. The summed E-state index contributed by atoms with van der Waals surface area (Å²) in [6.07, 6.45) is 3.78. The number of aromatic carboxylic acids is 1. The highest BCUT2D eigenvalue weighted by molar-refractivity contribution is 9.10. The molecule has 140 valence electrons. The third-order valence-electron chi connectivity index (χ3n) is 6.86. The summed E-state index contributed by atoms with van der Waals surface area (Å²) in [5, 5.41) is 13.2. The van der Waals surface area contributed by atoms with Crippen LogP contribution in [0.15, 0.2) is 40.9 Å². The summed E-state index contributed by atoms with van der Waals surface area (Å²) in [7, 11) is 1.72. The Morgan fingerprint density at radius 2 is 1.96 bits per heavy atom. The van der Waals surface area contributed by atoms with Crippen molar-refractivity contribution in [1.29, 1.82) is 0 Å². The Bertz CT molecular complexity index is 928. The van der Waals surface area contributed by atoms with E-state index in [2.05, 4.69) is 27.3 Å². The molecule has 1 heterocycles. The first-order chi connectivity index (χ1) is 13.1. The number of nitrogens with one attached hydrogen (secondary N) is 1. The predicted octanol–water partition coefficient (Wildman–Crippen LogP) is 5.45. The number of ether oxygens (including phenoxy) is 1. The van der Waals surface area contributed by atoms with Gasteiger partial charge in [-0.05, 0) is 84.9 Å². The zero-order valence-corrected chi connectivity index (χ0v) is 16.7. The van der Waals surface area contributed by atoms with Gasteiger partial charge in [0.1, 0.15) is 5.75 Å². The lowest BCUT2D eigenvalue weighted by molar-refractivity contribution is 0.0696. The molecule has 2 aromatic rings. The SMILES string of the molecule is COc1ccc(Br)cc1[C@@H]1Nc2ccc(C(=O)O)cc2[C@@H]2[C@H]3CC[C@@H](C3)[C@@H]21. The number of rotatable bonds is 3. The van der Waals surface area contributed by atoms with Gasteiger partial charge in [0.2, 0.25) is 0 Å². The minimum absolute atomic E-state index is 0.181. The number of carboxylic acid groups (broad SMARTS) is 1. The quantitative estimate of drug-likeness (QED) is 0.683. The third-order valence-corrected chi connectivity index (χ3v) is 7.35. The second kappa shape index (κ2) is 6.26. The summed E-state index contributed by atoms with van der Waals surface area (Å²) in [6.45, 7) is 0. The smallest absolute Gasteiger partial charge is 0.335 e. The monoisotopic (exact) mass is 427 g/mol. The molecule has 0 aromatic heterocycles. The standard InChI is InChI=1S/C22H22BrNO3/c1-27-18-7-5-14(23)10-16(18)21-20-12-3-2-11(8-12)19(20)15-9-13(22(25)26)4-6-17(15)24-21/h4-7,9-12,19-21,24H,2-3,8H2,1H3,(H,25,26)/t11-,12-,19-,20-,21-/m0/s1. The molecule has 0 radical (unpaired) electrons. The van der Waals surface area contributed by atoms with E-state index >= 15 is 0 Å². The molecule has 27 heavy (non-hydrogen) atoms. The fourth-order valence-electron chi connectivity index (χ4n) is 5.88. The molecular weight excluding hydrogens is 406 g/mol. The van der Waals surface area contributed by atoms with Gasteiger partial charge in [0.05, 0.1) is 18.7 Å². The van der Waals surface area contributed by atoms with Crippen LogP contribution >= 0.6 is 15.9 Å². The lowest BCUT2D eigenvalue weighted by Gasteiger charge is -2.44. The van der Waals surface area contributed by atoms with E-state index in [1.54, 1.807) is 13.2 Å². The van der Waals surface area contributed by atoms with Gasteiger partial charge in [-0.2, -0.15) is 0 Å². The fourth-order valence-corrected chi connectivity index (χ4v) is 6.26. The summed E-state index contributed by atoms with van der Waals surface area (Å²) in [4.78, 5) is 11.5. The number of anilines is 1. The van der Waals surface area contributed by atoms with E-state index < -0.39 is 5.97 Å². The highest BCUT2D eigenvalue weighted by Gasteiger charge is 2.54. The van der Waals surface area contributed by atoms with Crippen LogP contribution in [0.2, 0.25) is 0 Å². The summed E-state index contributed by atoms with van der Waals surface area (Å²) < 4.78 is 6.73. The Kier molecular flexibility index (Phi) is 3.97. The fraction of sp³-hybridized carbons (Fsp3) is 0.409. The van der Waals surface area contributed by atoms with Crippen LogP contribution < -0.4 is 10.1 Å². The van der Waals surface area contributed by atoms with E-state index in [0.717, 1.165) is 15.9 Å². The largest absolute Gasteiger partial charge is 0.496 e. The van der Waals surface area contributed by atoms with Crippen molar-refractivity contribution in [1.82, 2.24) is 0 Å². The molecule has 0 saturated heterocycles. The van der Waals surface area contributed by atoms with Gasteiger partial charge >= 0.3 is 5.97 Å². The molecule has 0 amide bonds. The molecule has 0 unspecified atom stereocenters. The molecular formula is C22H22BrNO3. The van der Waals surface area contributed by atoms with Crippen molar-refractivity contribution in [3.63, 3.8) is 0 Å². The van der Waals surface area contributed by atoms with E-state index in [9.17, 15) is 9.90 Å². The molecule has 3 aliphatic rings. The van der Waals surface area contributed by atoms with E-state index in [1.807, 2.05) is 24.3 Å². The topological polar surface area (TPSA) is 58.6 Å². The van der Waals surface area contributed by atoms with Crippen LogP contribution in [-0.2, 0) is 0 Å². The Morgan fingerprint density at radius 1 is 1.15 bits per heavy atom. The Hall–Kier alpha value is -2.01. The molecule has 2 bridgehead atoms. The Morgan fingerprint density at radius 3 is 2.74 bits per heavy atom. The van der Waals surface area contributed by atoms with Gasteiger partial charge in [-0.25, -0.2) is 4.79 Å². The summed E-state index contributed by atoms with van der Waals surface area (Å²) in [5.74, 6) is 2.29. The van der Waals surface area contributed by atoms with Crippen molar-refractivity contribution >= 4 is 27.6 Å². The van der Waals surface area contributed by atoms with Crippen LogP contribution in [0.4, 0.5) is 5.69 Å². The zero-order chi connectivity index (χ0) is 18.7. The van der Waals surface area contributed by atoms with Crippen LogP contribution in [-0.4, -0.2) is 18.2 Å². The van der Waals surface area contributed by atoms with Crippen LogP contribution in [0.25, 0.3) is 0 Å². The number of hydrogen-bond donors (Lipinski definition) is 2. The average Bonchev–Trinajstić information content (AvgIpc) is 3.29. The van der Waals surface area contributed by atoms with Crippen LogP contribution in [0.1, 0.15) is 52.7 Å². The molecule has 2 aromatic carbocycles. The van der Waals surface area contributed by atoms with Crippen LogP contribution in [0, 0.1) is 17.8 Å². The summed E-state index contributed by atoms with van der Waals surface area (Å²) in [6, 6.07) is 11.9. The number of methoxy groups -OCH3 is 1. The summed E-state index contributed by atoms with van der Waals surface area (Å²) >= 11 is 3.61. The van der Waals surface area contributed by atoms with Crippen molar-refractivity contribution in [2.45, 2.75) is 31.2 Å². The van der Waals surface area contributed by atoms with Gasteiger partial charge in [-0.15, -0.1) is 0 Å². The van der Waals surface area contributed by atoms with Gasteiger partial charge in [0.25, 0.3) is 0 Å². The zero-order valence-electron chi connectivity index (χ0n) is 15.1. The lowest BCUT2D eigenvalue weighted by atomic mass is 9.67. The van der Waals surface area contributed by atoms with Crippen molar-refractivity contribution in [2.75, 3.05) is 12.4 Å².